The second-order valence-electron chi connectivity index (χ2n) is 6.04. The first-order valence-electron chi connectivity index (χ1n) is 7.83. The van der Waals surface area contributed by atoms with Crippen molar-refractivity contribution in [3.05, 3.63) is 42.2 Å². The van der Waals surface area contributed by atoms with Crippen molar-refractivity contribution < 1.29 is 9.84 Å². The molecule has 3 rings (SSSR count). The van der Waals surface area contributed by atoms with Crippen molar-refractivity contribution >= 4 is 10.8 Å². The average Bonchev–Trinajstić information content (AvgIpc) is 2.80. The van der Waals surface area contributed by atoms with Crippen LogP contribution in [0.3, 0.4) is 0 Å². The summed E-state index contributed by atoms with van der Waals surface area (Å²) in [6, 6.07) is 8.09. The molecule has 1 atom stereocenters. The van der Waals surface area contributed by atoms with Gasteiger partial charge in [-0.3, -0.25) is 4.98 Å². The SMILES string of the molecule is COC1(C(O)c2cncc3ccccc23)CCCCCC1. The highest BCUT2D eigenvalue weighted by Gasteiger charge is 2.39. The van der Waals surface area contributed by atoms with E-state index in [0.29, 0.717) is 0 Å². The molecular formula is C18H23NO2. The zero-order chi connectivity index (χ0) is 14.7. The fourth-order valence-electron chi connectivity index (χ4n) is 3.56. The third kappa shape index (κ3) is 2.68. The Kier molecular flexibility index (Phi) is 4.22. The van der Waals surface area contributed by atoms with E-state index in [-0.39, 0.29) is 0 Å². The molecule has 1 aromatic carbocycles. The number of methoxy groups -OCH3 is 1. The molecule has 0 aliphatic heterocycles. The van der Waals surface area contributed by atoms with E-state index in [9.17, 15) is 5.11 Å². The maximum Gasteiger partial charge on any atom is 0.110 e. The molecule has 2 aromatic rings. The number of benzene rings is 1. The summed E-state index contributed by atoms with van der Waals surface area (Å²) in [4.78, 5) is 4.30. The summed E-state index contributed by atoms with van der Waals surface area (Å²) < 4.78 is 5.85. The van der Waals surface area contributed by atoms with Gasteiger partial charge in [0.25, 0.3) is 0 Å². The lowest BCUT2D eigenvalue weighted by Crippen LogP contribution is -2.38. The minimum absolute atomic E-state index is 0.470. The third-order valence-corrected chi connectivity index (χ3v) is 4.85. The van der Waals surface area contributed by atoms with Crippen LogP contribution in [0.15, 0.2) is 36.7 Å². The number of hydrogen-bond acceptors (Lipinski definition) is 3. The predicted octanol–water partition coefficient (Wildman–Crippen LogP) is 4.01. The van der Waals surface area contributed by atoms with E-state index in [0.717, 1.165) is 42.0 Å². The lowest BCUT2D eigenvalue weighted by molar-refractivity contribution is -0.113. The first kappa shape index (κ1) is 14.5. The smallest absolute Gasteiger partial charge is 0.110 e. The second kappa shape index (κ2) is 6.12. The highest BCUT2D eigenvalue weighted by Crippen LogP contribution is 2.41. The number of aromatic nitrogens is 1. The highest BCUT2D eigenvalue weighted by atomic mass is 16.5. The molecule has 3 nitrogen and oxygen atoms in total. The number of fused-ring (bicyclic) bond motifs is 1. The lowest BCUT2D eigenvalue weighted by Gasteiger charge is -2.36. The van der Waals surface area contributed by atoms with Crippen LogP contribution in [0, 0.1) is 0 Å². The molecule has 1 aromatic heterocycles. The van der Waals surface area contributed by atoms with Crippen LogP contribution in [0.1, 0.15) is 50.2 Å². The second-order valence-corrected chi connectivity index (χ2v) is 6.04. The van der Waals surface area contributed by atoms with E-state index >= 15 is 0 Å². The van der Waals surface area contributed by atoms with Gasteiger partial charge in [0, 0.05) is 30.5 Å². The normalized spacial score (nSPS) is 20.1. The monoisotopic (exact) mass is 285 g/mol. The molecule has 0 amide bonds. The van der Waals surface area contributed by atoms with Crippen LogP contribution in [0.25, 0.3) is 10.8 Å². The molecule has 0 radical (unpaired) electrons. The van der Waals surface area contributed by atoms with Crippen molar-refractivity contribution in [1.82, 2.24) is 4.98 Å². The minimum Gasteiger partial charge on any atom is -0.385 e. The van der Waals surface area contributed by atoms with Crippen molar-refractivity contribution in [2.45, 2.75) is 50.2 Å². The van der Waals surface area contributed by atoms with Crippen LogP contribution in [0.5, 0.6) is 0 Å². The predicted molar refractivity (Wildman–Crippen MR) is 84.1 cm³/mol. The van der Waals surface area contributed by atoms with Crippen LogP contribution < -0.4 is 0 Å². The number of pyridine rings is 1. The van der Waals surface area contributed by atoms with Crippen molar-refractivity contribution in [3.63, 3.8) is 0 Å². The fourth-order valence-corrected chi connectivity index (χ4v) is 3.56. The molecule has 1 N–H and O–H groups in total. The molecule has 1 aliphatic carbocycles. The quantitative estimate of drug-likeness (QED) is 0.866. The Balaban J connectivity index is 2.03. The van der Waals surface area contributed by atoms with Crippen LogP contribution in [-0.2, 0) is 4.74 Å². The van der Waals surface area contributed by atoms with E-state index in [4.69, 9.17) is 4.74 Å². The van der Waals surface area contributed by atoms with Crippen LogP contribution in [-0.4, -0.2) is 22.8 Å². The standard InChI is InChI=1S/C18H23NO2/c1-21-18(10-6-2-3-7-11-18)17(20)16-13-19-12-14-8-4-5-9-15(14)16/h4-5,8-9,12-13,17,20H,2-3,6-7,10-11H2,1H3. The Morgan fingerprint density at radius 3 is 2.52 bits per heavy atom. The number of aliphatic hydroxyl groups is 1. The van der Waals surface area contributed by atoms with E-state index in [1.54, 1.807) is 13.3 Å². The van der Waals surface area contributed by atoms with Crippen LogP contribution >= 0.6 is 0 Å². The molecule has 0 spiro atoms. The summed E-state index contributed by atoms with van der Waals surface area (Å²) in [5, 5.41) is 13.2. The van der Waals surface area contributed by atoms with Gasteiger partial charge in [0.05, 0.1) is 5.60 Å². The largest absolute Gasteiger partial charge is 0.385 e. The van der Waals surface area contributed by atoms with Gasteiger partial charge in [0.15, 0.2) is 0 Å². The van der Waals surface area contributed by atoms with E-state index in [2.05, 4.69) is 11.1 Å². The van der Waals surface area contributed by atoms with E-state index in [1.807, 2.05) is 24.4 Å². The molecule has 1 fully saturated rings. The summed E-state index contributed by atoms with van der Waals surface area (Å²) >= 11 is 0. The molecule has 1 saturated carbocycles. The average molecular weight is 285 g/mol. The summed E-state index contributed by atoms with van der Waals surface area (Å²) in [5.74, 6) is 0. The van der Waals surface area contributed by atoms with Gasteiger partial charge in [-0.05, 0) is 18.2 Å². The van der Waals surface area contributed by atoms with Crippen LogP contribution in [0.4, 0.5) is 0 Å². The Morgan fingerprint density at radius 1 is 1.10 bits per heavy atom. The number of nitrogens with zero attached hydrogens (tertiary/aromatic N) is 1. The van der Waals surface area contributed by atoms with Crippen molar-refractivity contribution in [2.75, 3.05) is 7.11 Å². The van der Waals surface area contributed by atoms with Gasteiger partial charge in [-0.2, -0.15) is 0 Å². The highest BCUT2D eigenvalue weighted by molar-refractivity contribution is 5.85. The van der Waals surface area contributed by atoms with Crippen molar-refractivity contribution in [1.29, 1.82) is 0 Å². The molecule has 0 saturated heterocycles. The molecule has 112 valence electrons. The van der Waals surface area contributed by atoms with Gasteiger partial charge in [0.1, 0.15) is 6.10 Å². The summed E-state index contributed by atoms with van der Waals surface area (Å²) in [5.41, 5.74) is 0.416. The van der Waals surface area contributed by atoms with Gasteiger partial charge in [-0.15, -0.1) is 0 Å². The Labute approximate surface area is 126 Å². The number of hydrogen-bond donors (Lipinski definition) is 1. The molecular weight excluding hydrogens is 262 g/mol. The molecule has 3 heteroatoms. The maximum absolute atomic E-state index is 11.1. The number of aliphatic hydroxyl groups excluding tert-OH is 1. The topological polar surface area (TPSA) is 42.4 Å². The third-order valence-electron chi connectivity index (χ3n) is 4.85. The maximum atomic E-state index is 11.1. The first-order valence-corrected chi connectivity index (χ1v) is 7.83. The molecule has 0 bridgehead atoms. The molecule has 1 heterocycles. The Bertz CT molecular complexity index is 598. The van der Waals surface area contributed by atoms with Gasteiger partial charge >= 0.3 is 0 Å². The van der Waals surface area contributed by atoms with E-state index in [1.165, 1.54) is 12.8 Å². The molecule has 1 aliphatic rings. The van der Waals surface area contributed by atoms with Crippen LogP contribution in [0.2, 0.25) is 0 Å². The van der Waals surface area contributed by atoms with Gasteiger partial charge in [0.2, 0.25) is 0 Å². The summed E-state index contributed by atoms with van der Waals surface area (Å²) in [6.07, 6.45) is 9.52. The zero-order valence-electron chi connectivity index (χ0n) is 12.6. The summed E-state index contributed by atoms with van der Waals surface area (Å²) in [7, 11) is 1.73. The zero-order valence-corrected chi connectivity index (χ0v) is 12.6. The Morgan fingerprint density at radius 2 is 1.81 bits per heavy atom. The van der Waals surface area contributed by atoms with Gasteiger partial charge < -0.3 is 9.84 Å². The van der Waals surface area contributed by atoms with E-state index < -0.39 is 11.7 Å². The summed E-state index contributed by atoms with van der Waals surface area (Å²) in [6.45, 7) is 0. The first-order chi connectivity index (χ1) is 10.3. The van der Waals surface area contributed by atoms with Gasteiger partial charge in [-0.1, -0.05) is 49.9 Å². The number of rotatable bonds is 3. The Hall–Kier alpha value is -1.45. The molecule has 1 unspecified atom stereocenters. The fraction of sp³-hybridized carbons (Fsp3) is 0.500. The number of ether oxygens (including phenoxy) is 1. The minimum atomic E-state index is -0.626. The molecule has 21 heavy (non-hydrogen) atoms. The van der Waals surface area contributed by atoms with Crippen molar-refractivity contribution in [2.24, 2.45) is 0 Å². The van der Waals surface area contributed by atoms with Gasteiger partial charge in [-0.25, -0.2) is 0 Å². The van der Waals surface area contributed by atoms with Crippen molar-refractivity contribution in [3.8, 4) is 0 Å². The lowest BCUT2D eigenvalue weighted by atomic mass is 9.83.